The molecule has 0 aliphatic carbocycles. The highest BCUT2D eigenvalue weighted by Gasteiger charge is 2.30. The second-order valence-corrected chi connectivity index (χ2v) is 6.15. The molecule has 0 spiro atoms. The summed E-state index contributed by atoms with van der Waals surface area (Å²) in [5, 5.41) is 2.67. The van der Waals surface area contributed by atoms with Crippen molar-refractivity contribution in [2.75, 3.05) is 20.1 Å². The molecular formula is C19H23N3O. The Morgan fingerprint density at radius 2 is 1.96 bits per heavy atom. The van der Waals surface area contributed by atoms with Gasteiger partial charge in [-0.05, 0) is 23.3 Å². The van der Waals surface area contributed by atoms with Gasteiger partial charge in [0.1, 0.15) is 0 Å². The molecule has 3 N–H and O–H groups in total. The lowest BCUT2D eigenvalue weighted by Crippen LogP contribution is -2.28. The Balaban J connectivity index is 1.69. The lowest BCUT2D eigenvalue weighted by molar-refractivity contribution is 0.0963. The van der Waals surface area contributed by atoms with Crippen molar-refractivity contribution >= 4 is 5.91 Å². The van der Waals surface area contributed by atoms with E-state index in [9.17, 15) is 4.79 Å². The molecule has 0 saturated carbocycles. The molecular weight excluding hydrogens is 286 g/mol. The molecule has 1 heterocycles. The van der Waals surface area contributed by atoms with Gasteiger partial charge in [-0.1, -0.05) is 42.5 Å². The van der Waals surface area contributed by atoms with Gasteiger partial charge in [-0.3, -0.25) is 9.69 Å². The van der Waals surface area contributed by atoms with E-state index < -0.39 is 0 Å². The maximum absolute atomic E-state index is 11.7. The Morgan fingerprint density at radius 1 is 1.17 bits per heavy atom. The van der Waals surface area contributed by atoms with Crippen molar-refractivity contribution in [3.05, 3.63) is 71.3 Å². The third-order valence-electron chi connectivity index (χ3n) is 4.49. The van der Waals surface area contributed by atoms with Crippen molar-refractivity contribution in [2.45, 2.75) is 18.5 Å². The molecule has 0 bridgehead atoms. The van der Waals surface area contributed by atoms with Gasteiger partial charge in [0.25, 0.3) is 5.91 Å². The van der Waals surface area contributed by atoms with Gasteiger partial charge in [-0.2, -0.15) is 0 Å². The fourth-order valence-corrected chi connectivity index (χ4v) is 3.31. The summed E-state index contributed by atoms with van der Waals surface area (Å²) in [5.41, 5.74) is 9.50. The fraction of sp³-hybridized carbons (Fsp3) is 0.316. The molecule has 1 aliphatic heterocycles. The number of hydrogen-bond donors (Lipinski definition) is 2. The van der Waals surface area contributed by atoms with Gasteiger partial charge in [0.2, 0.25) is 0 Å². The Morgan fingerprint density at radius 3 is 2.70 bits per heavy atom. The van der Waals surface area contributed by atoms with Gasteiger partial charge in [0, 0.05) is 44.2 Å². The van der Waals surface area contributed by atoms with Gasteiger partial charge in [0.05, 0.1) is 0 Å². The second kappa shape index (κ2) is 6.94. The number of nitrogens with two attached hydrogens (primary N) is 1. The number of nitrogens with zero attached hydrogens (tertiary/aromatic N) is 1. The first-order chi connectivity index (χ1) is 11.2. The summed E-state index contributed by atoms with van der Waals surface area (Å²) in [5.74, 6) is 0.324. The van der Waals surface area contributed by atoms with Crippen molar-refractivity contribution in [2.24, 2.45) is 5.73 Å². The van der Waals surface area contributed by atoms with Gasteiger partial charge >= 0.3 is 0 Å². The minimum Gasteiger partial charge on any atom is -0.355 e. The zero-order valence-corrected chi connectivity index (χ0v) is 13.4. The second-order valence-electron chi connectivity index (χ2n) is 6.15. The molecule has 1 amide bonds. The quantitative estimate of drug-likeness (QED) is 0.908. The van der Waals surface area contributed by atoms with E-state index in [1.54, 1.807) is 7.05 Å². The Labute approximate surface area is 137 Å². The van der Waals surface area contributed by atoms with Gasteiger partial charge < -0.3 is 11.1 Å². The first-order valence-electron chi connectivity index (χ1n) is 8.01. The molecule has 1 saturated heterocycles. The predicted octanol–water partition coefficient (Wildman–Crippen LogP) is 1.97. The molecule has 4 nitrogen and oxygen atoms in total. The van der Waals surface area contributed by atoms with E-state index in [4.69, 9.17) is 5.73 Å². The van der Waals surface area contributed by atoms with Crippen LogP contribution in [-0.2, 0) is 6.54 Å². The summed E-state index contributed by atoms with van der Waals surface area (Å²) in [7, 11) is 1.65. The summed E-state index contributed by atoms with van der Waals surface area (Å²) >= 11 is 0. The van der Waals surface area contributed by atoms with Crippen molar-refractivity contribution in [3.8, 4) is 0 Å². The number of rotatable bonds is 4. The summed E-state index contributed by atoms with van der Waals surface area (Å²) in [6.45, 7) is 2.65. The van der Waals surface area contributed by atoms with Crippen molar-refractivity contribution in [1.82, 2.24) is 10.2 Å². The number of amides is 1. The van der Waals surface area contributed by atoms with E-state index in [2.05, 4.69) is 40.5 Å². The smallest absolute Gasteiger partial charge is 0.251 e. The van der Waals surface area contributed by atoms with Crippen molar-refractivity contribution < 1.29 is 4.79 Å². The Bertz CT molecular complexity index is 671. The van der Waals surface area contributed by atoms with Crippen LogP contribution < -0.4 is 11.1 Å². The zero-order valence-electron chi connectivity index (χ0n) is 13.4. The standard InChI is InChI=1S/C19H23N3O/c1-21-19(23)16-9-5-6-14(10-16)11-22-12-17(18(20)13-22)15-7-3-2-4-8-15/h2-10,17-18H,11-13,20H2,1H3,(H,21,23)/t17-,18+/m0/s1. The van der Waals surface area contributed by atoms with Crippen LogP contribution >= 0.6 is 0 Å². The molecule has 3 rings (SSSR count). The average Bonchev–Trinajstić information content (AvgIpc) is 2.95. The van der Waals surface area contributed by atoms with E-state index in [0.29, 0.717) is 11.5 Å². The monoisotopic (exact) mass is 309 g/mol. The van der Waals surface area contributed by atoms with E-state index in [1.807, 2.05) is 24.3 Å². The molecule has 0 aromatic heterocycles. The summed E-state index contributed by atoms with van der Waals surface area (Å²) in [6, 6.07) is 18.4. The number of carbonyl (C=O) groups excluding carboxylic acids is 1. The summed E-state index contributed by atoms with van der Waals surface area (Å²) in [6.07, 6.45) is 0. The van der Waals surface area contributed by atoms with Crippen LogP contribution in [0.15, 0.2) is 54.6 Å². The third-order valence-corrected chi connectivity index (χ3v) is 4.49. The van der Waals surface area contributed by atoms with Gasteiger partial charge in [-0.25, -0.2) is 0 Å². The Hall–Kier alpha value is -2.17. The minimum atomic E-state index is -0.0489. The van der Waals surface area contributed by atoms with Gasteiger partial charge in [0.15, 0.2) is 0 Å². The van der Waals surface area contributed by atoms with E-state index in [0.717, 1.165) is 25.2 Å². The normalized spacial score (nSPS) is 21.3. The van der Waals surface area contributed by atoms with E-state index >= 15 is 0 Å². The van der Waals surface area contributed by atoms with Crippen LogP contribution in [0.3, 0.4) is 0 Å². The first-order valence-corrected chi connectivity index (χ1v) is 8.01. The van der Waals surface area contributed by atoms with Crippen LogP contribution in [0.25, 0.3) is 0 Å². The van der Waals surface area contributed by atoms with Crippen LogP contribution in [0, 0.1) is 0 Å². The van der Waals surface area contributed by atoms with Crippen molar-refractivity contribution in [3.63, 3.8) is 0 Å². The lowest BCUT2D eigenvalue weighted by Gasteiger charge is -2.16. The number of likely N-dealkylation sites (tertiary alicyclic amines) is 1. The number of hydrogen-bond acceptors (Lipinski definition) is 3. The first kappa shape index (κ1) is 15.7. The van der Waals surface area contributed by atoms with Crippen LogP contribution in [-0.4, -0.2) is 37.0 Å². The SMILES string of the molecule is CNC(=O)c1cccc(CN2C[C@@H](N)[C@H](c3ccccc3)C2)c1. The van der Waals surface area contributed by atoms with Crippen LogP contribution in [0.2, 0.25) is 0 Å². The average molecular weight is 309 g/mol. The van der Waals surface area contributed by atoms with Crippen LogP contribution in [0.5, 0.6) is 0 Å². The maximum atomic E-state index is 11.7. The third kappa shape index (κ3) is 3.60. The minimum absolute atomic E-state index is 0.0489. The molecule has 23 heavy (non-hydrogen) atoms. The van der Waals surface area contributed by atoms with E-state index in [1.165, 1.54) is 5.56 Å². The summed E-state index contributed by atoms with van der Waals surface area (Å²) in [4.78, 5) is 14.1. The van der Waals surface area contributed by atoms with E-state index in [-0.39, 0.29) is 11.9 Å². The number of nitrogens with one attached hydrogen (secondary N) is 1. The molecule has 4 heteroatoms. The largest absolute Gasteiger partial charge is 0.355 e. The molecule has 2 aromatic carbocycles. The highest BCUT2D eigenvalue weighted by Crippen LogP contribution is 2.27. The lowest BCUT2D eigenvalue weighted by atomic mass is 9.95. The van der Waals surface area contributed by atoms with Gasteiger partial charge in [-0.15, -0.1) is 0 Å². The highest BCUT2D eigenvalue weighted by atomic mass is 16.1. The van der Waals surface area contributed by atoms with Crippen LogP contribution in [0.1, 0.15) is 27.4 Å². The fourth-order valence-electron chi connectivity index (χ4n) is 3.31. The Kier molecular flexibility index (Phi) is 4.74. The topological polar surface area (TPSA) is 58.4 Å². The number of benzene rings is 2. The molecule has 1 aliphatic rings. The highest BCUT2D eigenvalue weighted by molar-refractivity contribution is 5.94. The molecule has 0 unspecified atom stereocenters. The van der Waals surface area contributed by atoms with Crippen LogP contribution in [0.4, 0.5) is 0 Å². The molecule has 1 fully saturated rings. The van der Waals surface area contributed by atoms with Crippen molar-refractivity contribution in [1.29, 1.82) is 0 Å². The molecule has 2 atom stereocenters. The molecule has 120 valence electrons. The summed E-state index contributed by atoms with van der Waals surface area (Å²) < 4.78 is 0. The maximum Gasteiger partial charge on any atom is 0.251 e. The predicted molar refractivity (Wildman–Crippen MR) is 92.3 cm³/mol. The zero-order chi connectivity index (χ0) is 16.2. The molecule has 2 aromatic rings. The molecule has 0 radical (unpaired) electrons. The number of carbonyl (C=O) groups is 1.